The molecule has 0 fully saturated rings. The maximum atomic E-state index is 12.8. The fourth-order valence-corrected chi connectivity index (χ4v) is 4.36. The van der Waals surface area contributed by atoms with E-state index in [9.17, 15) is 4.79 Å². The number of ether oxygens (including phenoxy) is 4. The van der Waals surface area contributed by atoms with Crippen LogP contribution in [0.4, 0.5) is 5.13 Å². The van der Waals surface area contributed by atoms with Crippen LogP contribution in [0.3, 0.4) is 0 Å². The highest BCUT2D eigenvalue weighted by Gasteiger charge is 2.25. The van der Waals surface area contributed by atoms with E-state index in [4.69, 9.17) is 18.9 Å². The molecule has 1 aliphatic rings. The second-order valence-corrected chi connectivity index (χ2v) is 7.44. The van der Waals surface area contributed by atoms with E-state index in [2.05, 4.69) is 10.3 Å². The van der Waals surface area contributed by atoms with Crippen molar-refractivity contribution in [3.63, 3.8) is 0 Å². The molecule has 1 amide bonds. The summed E-state index contributed by atoms with van der Waals surface area (Å²) >= 11 is 1.47. The topological polar surface area (TPSA) is 78.9 Å². The summed E-state index contributed by atoms with van der Waals surface area (Å²) in [5.41, 5.74) is 3.55. The molecular weight excluding hydrogens is 392 g/mol. The summed E-state index contributed by atoms with van der Waals surface area (Å²) in [6, 6.07) is 9.17. The number of fused-ring (bicyclic) bond motifs is 3. The molecule has 1 aromatic heterocycles. The molecule has 8 heteroatoms. The molecule has 2 aromatic carbocycles. The number of thiazole rings is 1. The number of hydrogen-bond acceptors (Lipinski definition) is 7. The number of anilines is 1. The van der Waals surface area contributed by atoms with Gasteiger partial charge in [0.25, 0.3) is 5.91 Å². The van der Waals surface area contributed by atoms with Gasteiger partial charge < -0.3 is 18.9 Å². The molecule has 0 saturated carbocycles. The second kappa shape index (κ2) is 7.63. The van der Waals surface area contributed by atoms with Crippen molar-refractivity contribution in [2.75, 3.05) is 33.8 Å². The van der Waals surface area contributed by atoms with Crippen LogP contribution in [0.5, 0.6) is 23.0 Å². The van der Waals surface area contributed by atoms with Gasteiger partial charge in [-0.1, -0.05) is 0 Å². The first kappa shape index (κ1) is 19.1. The van der Waals surface area contributed by atoms with Gasteiger partial charge in [-0.2, -0.15) is 0 Å². The lowest BCUT2D eigenvalue weighted by atomic mass is 10.1. The summed E-state index contributed by atoms with van der Waals surface area (Å²) in [5.74, 6) is 1.80. The van der Waals surface area contributed by atoms with E-state index in [-0.39, 0.29) is 5.91 Å². The molecule has 4 rings (SSSR count). The van der Waals surface area contributed by atoms with Gasteiger partial charge in [0.15, 0.2) is 16.6 Å². The van der Waals surface area contributed by atoms with Crippen LogP contribution >= 0.6 is 11.3 Å². The lowest BCUT2D eigenvalue weighted by Crippen LogP contribution is -2.12. The molecule has 0 spiro atoms. The Morgan fingerprint density at radius 3 is 2.34 bits per heavy atom. The number of carbonyl (C=O) groups is 1. The molecule has 3 aromatic rings. The second-order valence-electron chi connectivity index (χ2n) is 6.36. The van der Waals surface area contributed by atoms with Crippen molar-refractivity contribution in [3.05, 3.63) is 46.3 Å². The number of carbonyl (C=O) groups excluding carboxylic acids is 1. The van der Waals surface area contributed by atoms with E-state index >= 15 is 0 Å². The van der Waals surface area contributed by atoms with E-state index < -0.39 is 0 Å². The molecule has 1 N–H and O–H groups in total. The van der Waals surface area contributed by atoms with Gasteiger partial charge in [-0.25, -0.2) is 4.98 Å². The lowest BCUT2D eigenvalue weighted by molar-refractivity contribution is 0.102. The predicted octanol–water partition coefficient (Wildman–Crippen LogP) is 4.00. The number of amides is 1. The number of benzene rings is 2. The van der Waals surface area contributed by atoms with Gasteiger partial charge in [0.1, 0.15) is 5.75 Å². The molecule has 0 atom stereocenters. The van der Waals surface area contributed by atoms with Gasteiger partial charge in [0.2, 0.25) is 5.75 Å². The first-order valence-electron chi connectivity index (χ1n) is 8.86. The first-order valence-corrected chi connectivity index (χ1v) is 9.68. The number of aromatic nitrogens is 1. The molecular formula is C21H20N2O5S. The quantitative estimate of drug-likeness (QED) is 0.516. The van der Waals surface area contributed by atoms with E-state index in [1.165, 1.54) is 38.2 Å². The minimum Gasteiger partial charge on any atom is -0.497 e. The Hall–Kier alpha value is -3.26. The van der Waals surface area contributed by atoms with Crippen LogP contribution in [0.1, 0.15) is 20.8 Å². The molecule has 0 unspecified atom stereocenters. The highest BCUT2D eigenvalue weighted by molar-refractivity contribution is 7.16. The Kier molecular flexibility index (Phi) is 5.02. The van der Waals surface area contributed by atoms with Gasteiger partial charge in [-0.05, 0) is 35.9 Å². The summed E-state index contributed by atoms with van der Waals surface area (Å²) in [6.07, 6.45) is 0.777. The Bertz CT molecular complexity index is 1070. The third-order valence-electron chi connectivity index (χ3n) is 4.76. The largest absolute Gasteiger partial charge is 0.497 e. The standard InChI is InChI=1S/C21H20N2O5S/c1-25-13-5-6-14-11(7-13)10-17-18(14)22-21(29-17)23-20(24)12-8-15(26-2)19(28-4)16(9-12)27-3/h5-9H,10H2,1-4H3,(H,22,23,24). The maximum Gasteiger partial charge on any atom is 0.257 e. The zero-order valence-electron chi connectivity index (χ0n) is 16.5. The van der Waals surface area contributed by atoms with Crippen LogP contribution in [-0.4, -0.2) is 39.3 Å². The molecule has 0 saturated heterocycles. The van der Waals surface area contributed by atoms with Crippen LogP contribution in [0.15, 0.2) is 30.3 Å². The highest BCUT2D eigenvalue weighted by Crippen LogP contribution is 2.43. The van der Waals surface area contributed by atoms with Crippen molar-refractivity contribution in [2.24, 2.45) is 0 Å². The van der Waals surface area contributed by atoms with Crippen LogP contribution in [0.25, 0.3) is 11.3 Å². The highest BCUT2D eigenvalue weighted by atomic mass is 32.1. The van der Waals surface area contributed by atoms with Crippen LogP contribution < -0.4 is 24.3 Å². The van der Waals surface area contributed by atoms with Gasteiger partial charge in [-0.15, -0.1) is 11.3 Å². The summed E-state index contributed by atoms with van der Waals surface area (Å²) in [7, 11) is 6.19. The zero-order chi connectivity index (χ0) is 20.5. The third kappa shape index (κ3) is 3.36. The molecule has 150 valence electrons. The Morgan fingerprint density at radius 1 is 1.00 bits per heavy atom. The molecule has 1 heterocycles. The Morgan fingerprint density at radius 2 is 1.72 bits per heavy atom. The van der Waals surface area contributed by atoms with Crippen molar-refractivity contribution < 1.29 is 23.7 Å². The van der Waals surface area contributed by atoms with Crippen molar-refractivity contribution in [3.8, 4) is 34.3 Å². The number of rotatable bonds is 6. The predicted molar refractivity (Wildman–Crippen MR) is 111 cm³/mol. The van der Waals surface area contributed by atoms with Gasteiger partial charge in [0, 0.05) is 22.4 Å². The molecule has 0 radical (unpaired) electrons. The third-order valence-corrected chi connectivity index (χ3v) is 5.73. The monoisotopic (exact) mass is 412 g/mol. The van der Waals surface area contributed by atoms with Crippen LogP contribution in [-0.2, 0) is 6.42 Å². The minimum atomic E-state index is -0.299. The number of methoxy groups -OCH3 is 4. The summed E-state index contributed by atoms with van der Waals surface area (Å²) in [6.45, 7) is 0. The van der Waals surface area contributed by atoms with Crippen molar-refractivity contribution in [1.29, 1.82) is 0 Å². The summed E-state index contributed by atoms with van der Waals surface area (Å²) in [4.78, 5) is 18.5. The van der Waals surface area contributed by atoms with Gasteiger partial charge in [0.05, 0.1) is 34.1 Å². The summed E-state index contributed by atoms with van der Waals surface area (Å²) in [5, 5.41) is 3.42. The van der Waals surface area contributed by atoms with Crippen LogP contribution in [0, 0.1) is 0 Å². The van der Waals surface area contributed by atoms with Crippen LogP contribution in [0.2, 0.25) is 0 Å². The van der Waals surface area contributed by atoms with Gasteiger partial charge >= 0.3 is 0 Å². The Labute approximate surface area is 172 Å². The smallest absolute Gasteiger partial charge is 0.257 e. The average molecular weight is 412 g/mol. The van der Waals surface area contributed by atoms with E-state index in [0.717, 1.165) is 28.3 Å². The fourth-order valence-electron chi connectivity index (χ4n) is 3.36. The summed E-state index contributed by atoms with van der Waals surface area (Å²) < 4.78 is 21.2. The number of nitrogens with zero attached hydrogens (tertiary/aromatic N) is 1. The Balaban J connectivity index is 1.59. The normalized spacial score (nSPS) is 11.4. The van der Waals surface area contributed by atoms with E-state index in [1.807, 2.05) is 18.2 Å². The molecule has 1 aliphatic carbocycles. The van der Waals surface area contributed by atoms with E-state index in [1.54, 1.807) is 19.2 Å². The lowest BCUT2D eigenvalue weighted by Gasteiger charge is -2.13. The van der Waals surface area contributed by atoms with Crippen molar-refractivity contribution >= 4 is 22.4 Å². The molecule has 0 aliphatic heterocycles. The molecule has 29 heavy (non-hydrogen) atoms. The first-order chi connectivity index (χ1) is 14.1. The van der Waals surface area contributed by atoms with E-state index in [0.29, 0.717) is 27.9 Å². The SMILES string of the molecule is COc1ccc2c(c1)Cc1sc(NC(=O)c3cc(OC)c(OC)c(OC)c3)nc1-2. The molecule has 0 bridgehead atoms. The van der Waals surface area contributed by atoms with Crippen molar-refractivity contribution in [2.45, 2.75) is 6.42 Å². The van der Waals surface area contributed by atoms with Crippen molar-refractivity contribution in [1.82, 2.24) is 4.98 Å². The zero-order valence-corrected chi connectivity index (χ0v) is 17.3. The maximum absolute atomic E-state index is 12.8. The minimum absolute atomic E-state index is 0.299. The number of hydrogen-bond donors (Lipinski definition) is 1. The average Bonchev–Trinajstić information content (AvgIpc) is 3.28. The van der Waals surface area contributed by atoms with Gasteiger partial charge in [-0.3, -0.25) is 10.1 Å². The fraction of sp³-hybridized carbons (Fsp3) is 0.238. The molecule has 7 nitrogen and oxygen atoms in total. The number of nitrogens with one attached hydrogen (secondary N) is 1.